The molecule has 0 saturated heterocycles. The Kier molecular flexibility index (Phi) is 5.37. The van der Waals surface area contributed by atoms with Gasteiger partial charge in [0, 0.05) is 24.0 Å². The molecule has 0 spiro atoms. The third kappa shape index (κ3) is 3.87. The maximum atomic E-state index is 12.3. The lowest BCUT2D eigenvalue weighted by Crippen LogP contribution is -2.22. The second-order valence-corrected chi connectivity index (χ2v) is 9.12. The average molecular weight is 393 g/mol. The molecule has 1 N–H and O–H groups in total. The molecule has 124 valence electrons. The van der Waals surface area contributed by atoms with E-state index >= 15 is 0 Å². The van der Waals surface area contributed by atoms with Crippen molar-refractivity contribution in [2.45, 2.75) is 11.8 Å². The summed E-state index contributed by atoms with van der Waals surface area (Å²) in [6.45, 7) is 1.66. The van der Waals surface area contributed by atoms with E-state index in [1.807, 2.05) is 0 Å². The molecule has 0 atom stereocenters. The van der Waals surface area contributed by atoms with Crippen LogP contribution >= 0.6 is 34.5 Å². The summed E-state index contributed by atoms with van der Waals surface area (Å²) in [6.07, 6.45) is 0. The molecule has 0 aliphatic carbocycles. The Morgan fingerprint density at radius 1 is 1.22 bits per heavy atom. The molecule has 0 unspecified atom stereocenters. The van der Waals surface area contributed by atoms with E-state index in [9.17, 15) is 13.2 Å². The molecular weight excluding hydrogens is 379 g/mol. The Bertz CT molecular complexity index is 861. The molecule has 0 radical (unpaired) electrons. The second kappa shape index (κ2) is 6.78. The number of amides is 1. The number of nitrogens with zero attached hydrogens (tertiary/aromatic N) is 1. The van der Waals surface area contributed by atoms with Crippen molar-refractivity contribution in [3.8, 4) is 0 Å². The van der Waals surface area contributed by atoms with Gasteiger partial charge < -0.3 is 5.32 Å². The van der Waals surface area contributed by atoms with Gasteiger partial charge >= 0.3 is 0 Å². The van der Waals surface area contributed by atoms with Crippen molar-refractivity contribution >= 4 is 56.2 Å². The molecule has 2 aromatic rings. The van der Waals surface area contributed by atoms with Crippen LogP contribution in [0.3, 0.4) is 0 Å². The lowest BCUT2D eigenvalue weighted by molar-refractivity contribution is 0.103. The van der Waals surface area contributed by atoms with E-state index in [0.29, 0.717) is 20.6 Å². The van der Waals surface area contributed by atoms with Crippen LogP contribution in [-0.2, 0) is 10.0 Å². The Hall–Kier alpha value is -1.12. The number of anilines is 1. The zero-order chi connectivity index (χ0) is 17.4. The molecular formula is C14H14Cl2N2O3S2. The van der Waals surface area contributed by atoms with Gasteiger partial charge in [-0.25, -0.2) is 12.7 Å². The molecule has 2 rings (SSSR count). The third-order valence-electron chi connectivity index (χ3n) is 3.03. The normalized spacial score (nSPS) is 11.7. The molecule has 1 amide bonds. The largest absolute Gasteiger partial charge is 0.320 e. The van der Waals surface area contributed by atoms with Gasteiger partial charge in [0.05, 0.1) is 20.5 Å². The molecule has 1 aromatic carbocycles. The van der Waals surface area contributed by atoms with E-state index in [1.54, 1.807) is 19.1 Å². The topological polar surface area (TPSA) is 66.5 Å². The van der Waals surface area contributed by atoms with Crippen LogP contribution < -0.4 is 5.32 Å². The van der Waals surface area contributed by atoms with E-state index in [4.69, 9.17) is 23.2 Å². The van der Waals surface area contributed by atoms with Crippen LogP contribution in [0, 0.1) is 6.92 Å². The Morgan fingerprint density at radius 3 is 2.48 bits per heavy atom. The molecule has 0 aliphatic rings. The molecule has 1 aromatic heterocycles. The smallest absolute Gasteiger partial charge is 0.265 e. The number of benzene rings is 1. The SMILES string of the molecule is Cc1sc(C(=O)Nc2cc(Cl)ccc2Cl)cc1S(=O)(=O)N(C)C. The average Bonchev–Trinajstić information content (AvgIpc) is 2.85. The number of thiophene rings is 1. The minimum Gasteiger partial charge on any atom is -0.320 e. The fourth-order valence-electron chi connectivity index (χ4n) is 1.81. The Labute approximate surface area is 148 Å². The minimum atomic E-state index is -3.59. The van der Waals surface area contributed by atoms with Gasteiger partial charge in [0.25, 0.3) is 5.91 Å². The summed E-state index contributed by atoms with van der Waals surface area (Å²) in [5, 5.41) is 3.41. The van der Waals surface area contributed by atoms with Gasteiger partial charge in [-0.3, -0.25) is 4.79 Å². The number of carbonyl (C=O) groups excluding carboxylic acids is 1. The Balaban J connectivity index is 2.33. The maximum absolute atomic E-state index is 12.3. The lowest BCUT2D eigenvalue weighted by atomic mass is 10.3. The standard InChI is InChI=1S/C14H14Cl2N2O3S2/c1-8-13(23(20,21)18(2)3)7-12(22-8)14(19)17-11-6-9(15)4-5-10(11)16/h4-7H,1-3H3,(H,17,19). The summed E-state index contributed by atoms with van der Waals surface area (Å²) in [7, 11) is -0.707. The van der Waals surface area contributed by atoms with Crippen molar-refractivity contribution in [3.63, 3.8) is 0 Å². The van der Waals surface area contributed by atoms with Gasteiger partial charge in [-0.15, -0.1) is 11.3 Å². The van der Waals surface area contributed by atoms with Gasteiger partial charge in [-0.2, -0.15) is 0 Å². The highest BCUT2D eigenvalue weighted by atomic mass is 35.5. The minimum absolute atomic E-state index is 0.120. The van der Waals surface area contributed by atoms with Crippen LogP contribution in [0.4, 0.5) is 5.69 Å². The van der Waals surface area contributed by atoms with Crippen LogP contribution in [0.25, 0.3) is 0 Å². The molecule has 0 bridgehead atoms. The van der Waals surface area contributed by atoms with Crippen LogP contribution in [0.1, 0.15) is 14.5 Å². The van der Waals surface area contributed by atoms with Gasteiger partial charge in [-0.1, -0.05) is 23.2 Å². The number of hydrogen-bond acceptors (Lipinski definition) is 4. The predicted octanol–water partition coefficient (Wildman–Crippen LogP) is 3.87. The monoisotopic (exact) mass is 392 g/mol. The summed E-state index contributed by atoms with van der Waals surface area (Å²) in [4.78, 5) is 13.3. The van der Waals surface area contributed by atoms with Crippen LogP contribution in [0.5, 0.6) is 0 Å². The fraction of sp³-hybridized carbons (Fsp3) is 0.214. The summed E-state index contributed by atoms with van der Waals surface area (Å²) in [5.74, 6) is -0.442. The number of aryl methyl sites for hydroxylation is 1. The van der Waals surface area contributed by atoms with Gasteiger partial charge in [0.2, 0.25) is 10.0 Å². The number of hydrogen-bond donors (Lipinski definition) is 1. The quantitative estimate of drug-likeness (QED) is 0.858. The predicted molar refractivity (Wildman–Crippen MR) is 94.3 cm³/mol. The lowest BCUT2D eigenvalue weighted by Gasteiger charge is -2.10. The summed E-state index contributed by atoms with van der Waals surface area (Å²) >= 11 is 13.0. The molecule has 5 nitrogen and oxygen atoms in total. The highest BCUT2D eigenvalue weighted by Crippen LogP contribution is 2.30. The second-order valence-electron chi connectivity index (χ2n) is 4.90. The first kappa shape index (κ1) is 18.2. The van der Waals surface area contributed by atoms with Gasteiger partial charge in [0.15, 0.2) is 0 Å². The first-order chi connectivity index (χ1) is 10.6. The number of halogens is 2. The molecule has 0 aliphatic heterocycles. The Morgan fingerprint density at radius 2 is 1.87 bits per heavy atom. The molecule has 0 saturated carbocycles. The fourth-order valence-corrected chi connectivity index (χ4v) is 4.49. The van der Waals surface area contributed by atoms with Crippen LogP contribution in [-0.4, -0.2) is 32.7 Å². The van der Waals surface area contributed by atoms with Crippen molar-refractivity contribution in [2.75, 3.05) is 19.4 Å². The van der Waals surface area contributed by atoms with E-state index in [0.717, 1.165) is 15.6 Å². The third-order valence-corrected chi connectivity index (χ3v) is 6.72. The molecule has 1 heterocycles. The number of nitrogens with one attached hydrogen (secondary N) is 1. The van der Waals surface area contributed by atoms with E-state index < -0.39 is 15.9 Å². The number of carbonyl (C=O) groups is 1. The van der Waals surface area contributed by atoms with Crippen molar-refractivity contribution in [2.24, 2.45) is 0 Å². The first-order valence-corrected chi connectivity index (χ1v) is 9.43. The van der Waals surface area contributed by atoms with Crippen molar-refractivity contribution in [1.29, 1.82) is 0 Å². The molecule has 0 fully saturated rings. The summed E-state index contributed by atoms with van der Waals surface area (Å²) in [6, 6.07) is 6.07. The first-order valence-electron chi connectivity index (χ1n) is 6.42. The van der Waals surface area contributed by atoms with E-state index in [1.165, 1.54) is 26.2 Å². The summed E-state index contributed by atoms with van der Waals surface area (Å²) in [5.41, 5.74) is 0.368. The number of sulfonamides is 1. The zero-order valence-electron chi connectivity index (χ0n) is 12.6. The van der Waals surface area contributed by atoms with Crippen LogP contribution in [0.2, 0.25) is 10.0 Å². The van der Waals surface area contributed by atoms with E-state index in [2.05, 4.69) is 5.32 Å². The van der Waals surface area contributed by atoms with Crippen molar-refractivity contribution < 1.29 is 13.2 Å². The number of rotatable bonds is 4. The van der Waals surface area contributed by atoms with Gasteiger partial charge in [0.1, 0.15) is 0 Å². The zero-order valence-corrected chi connectivity index (χ0v) is 15.7. The molecule has 23 heavy (non-hydrogen) atoms. The van der Waals surface area contributed by atoms with E-state index in [-0.39, 0.29) is 9.77 Å². The molecule has 9 heteroatoms. The maximum Gasteiger partial charge on any atom is 0.265 e. The highest BCUT2D eigenvalue weighted by Gasteiger charge is 2.24. The van der Waals surface area contributed by atoms with Crippen molar-refractivity contribution in [1.82, 2.24) is 4.31 Å². The van der Waals surface area contributed by atoms with Crippen molar-refractivity contribution in [3.05, 3.63) is 44.1 Å². The highest BCUT2D eigenvalue weighted by molar-refractivity contribution is 7.89. The van der Waals surface area contributed by atoms with Gasteiger partial charge in [-0.05, 0) is 31.2 Å². The summed E-state index contributed by atoms with van der Waals surface area (Å²) < 4.78 is 25.5. The van der Waals surface area contributed by atoms with Crippen LogP contribution in [0.15, 0.2) is 29.2 Å².